The van der Waals surface area contributed by atoms with Crippen LogP contribution in [0.15, 0.2) is 25.3 Å². The average Bonchev–Trinajstić information content (AvgIpc) is 1.91. The van der Waals surface area contributed by atoms with Gasteiger partial charge >= 0.3 is 0 Å². The summed E-state index contributed by atoms with van der Waals surface area (Å²) in [6.45, 7) is 8.89. The second-order valence-corrected chi connectivity index (χ2v) is 2.00. The summed E-state index contributed by atoms with van der Waals surface area (Å²) in [5.41, 5.74) is 0. The fourth-order valence-corrected chi connectivity index (χ4v) is 0.474. The minimum Gasteiger partial charge on any atom is -0.179 e. The van der Waals surface area contributed by atoms with Gasteiger partial charge in [-0.2, -0.15) is 12.6 Å². The molecule has 0 unspecified atom stereocenters. The van der Waals surface area contributed by atoms with Crippen molar-refractivity contribution in [2.45, 2.75) is 19.8 Å². The molecule has 0 radical (unpaired) electrons. The van der Waals surface area contributed by atoms with Crippen LogP contribution in [-0.4, -0.2) is 5.75 Å². The molecule has 0 spiro atoms. The monoisotopic (exact) mass is 144 g/mol. The lowest BCUT2D eigenvalue weighted by Crippen LogP contribution is -1.65. The minimum absolute atomic E-state index is 1.04. The van der Waals surface area contributed by atoms with Gasteiger partial charge in [0.2, 0.25) is 0 Å². The highest BCUT2D eigenvalue weighted by Gasteiger charge is 1.68. The summed E-state index contributed by atoms with van der Waals surface area (Å²) < 4.78 is 0. The molecule has 0 aromatic carbocycles. The van der Waals surface area contributed by atoms with E-state index in [1.165, 1.54) is 12.8 Å². The van der Waals surface area contributed by atoms with Crippen LogP contribution in [0.2, 0.25) is 0 Å². The first kappa shape index (κ1) is 11.6. The molecule has 54 valence electrons. The molecule has 0 amide bonds. The van der Waals surface area contributed by atoms with Crippen molar-refractivity contribution < 1.29 is 0 Å². The van der Waals surface area contributed by atoms with Crippen LogP contribution in [-0.2, 0) is 0 Å². The quantitative estimate of drug-likeness (QED) is 0.457. The number of allylic oxidation sites excluding steroid dienone is 2. The summed E-state index contributed by atoms with van der Waals surface area (Å²) in [7, 11) is 0. The van der Waals surface area contributed by atoms with Gasteiger partial charge in [-0.25, -0.2) is 0 Å². The second-order valence-electron chi connectivity index (χ2n) is 1.55. The molecule has 0 N–H and O–H groups in total. The molecule has 0 aliphatic carbocycles. The molecule has 0 aromatic heterocycles. The smallest absolute Gasteiger partial charge is 0.00980 e. The Morgan fingerprint density at radius 3 is 1.78 bits per heavy atom. The Labute approximate surface area is 64.1 Å². The summed E-state index contributed by atoms with van der Waals surface area (Å²) in [4.78, 5) is 0. The number of rotatable bonds is 3. The van der Waals surface area contributed by atoms with Gasteiger partial charge in [-0.1, -0.05) is 38.7 Å². The van der Waals surface area contributed by atoms with Crippen LogP contribution in [0.3, 0.4) is 0 Å². The maximum atomic E-state index is 4.00. The summed E-state index contributed by atoms with van der Waals surface area (Å²) in [5, 5.41) is 0. The minimum atomic E-state index is 1.04. The molecule has 0 saturated heterocycles. The number of hydrogen-bond acceptors (Lipinski definition) is 1. The van der Waals surface area contributed by atoms with Crippen LogP contribution in [0.4, 0.5) is 0 Å². The van der Waals surface area contributed by atoms with Gasteiger partial charge in [0.15, 0.2) is 0 Å². The topological polar surface area (TPSA) is 0 Å². The van der Waals surface area contributed by atoms with Crippen LogP contribution in [0.5, 0.6) is 0 Å². The second kappa shape index (κ2) is 15.7. The van der Waals surface area contributed by atoms with Gasteiger partial charge < -0.3 is 0 Å². The Hall–Kier alpha value is -0.170. The molecule has 0 aliphatic rings. The normalized spacial score (nSPS) is 6.89. The molecule has 0 atom stereocenters. The van der Waals surface area contributed by atoms with Gasteiger partial charge in [0.1, 0.15) is 0 Å². The predicted molar refractivity (Wildman–Crippen MR) is 49.2 cm³/mol. The van der Waals surface area contributed by atoms with E-state index in [9.17, 15) is 0 Å². The standard InChI is InChI=1S/C4H10S.C4H6/c1-2-3-4-5;1-3-4-2/h5H,2-4H2,1H3;3-4H,1-2H2. The first-order valence-electron chi connectivity index (χ1n) is 3.17. The van der Waals surface area contributed by atoms with Gasteiger partial charge in [-0.05, 0) is 12.2 Å². The van der Waals surface area contributed by atoms with E-state index >= 15 is 0 Å². The molecule has 0 bridgehead atoms. The molecule has 0 heterocycles. The summed E-state index contributed by atoms with van der Waals surface area (Å²) in [6, 6.07) is 0. The Kier molecular flexibility index (Phi) is 20.2. The van der Waals surface area contributed by atoms with Gasteiger partial charge in [0, 0.05) is 0 Å². The Morgan fingerprint density at radius 2 is 1.78 bits per heavy atom. The molecule has 0 rings (SSSR count). The van der Waals surface area contributed by atoms with Gasteiger partial charge in [0.05, 0.1) is 0 Å². The number of hydrogen-bond donors (Lipinski definition) is 1. The van der Waals surface area contributed by atoms with Crippen LogP contribution < -0.4 is 0 Å². The Balaban J connectivity index is 0. The van der Waals surface area contributed by atoms with Gasteiger partial charge in [0.25, 0.3) is 0 Å². The zero-order valence-corrected chi connectivity index (χ0v) is 7.03. The summed E-state index contributed by atoms with van der Waals surface area (Å²) in [6.07, 6.45) is 5.80. The molecule has 0 saturated carbocycles. The third kappa shape index (κ3) is 33.2. The summed E-state index contributed by atoms with van der Waals surface area (Å²) in [5.74, 6) is 1.04. The Morgan fingerprint density at radius 1 is 1.33 bits per heavy atom. The van der Waals surface area contributed by atoms with Crippen LogP contribution >= 0.6 is 12.6 Å². The SMILES string of the molecule is C=CC=C.CCCCS. The van der Waals surface area contributed by atoms with E-state index in [2.05, 4.69) is 32.7 Å². The fraction of sp³-hybridized carbons (Fsp3) is 0.500. The van der Waals surface area contributed by atoms with E-state index in [1.807, 2.05) is 0 Å². The predicted octanol–water partition coefficient (Wildman–Crippen LogP) is 3.07. The molecule has 1 heteroatoms. The van der Waals surface area contributed by atoms with Crippen molar-refractivity contribution in [3.8, 4) is 0 Å². The highest BCUT2D eigenvalue weighted by atomic mass is 32.1. The van der Waals surface area contributed by atoms with Crippen molar-refractivity contribution in [3.63, 3.8) is 0 Å². The zero-order valence-electron chi connectivity index (χ0n) is 6.14. The lowest BCUT2D eigenvalue weighted by atomic mass is 10.4. The van der Waals surface area contributed by atoms with Crippen molar-refractivity contribution in [3.05, 3.63) is 25.3 Å². The fourth-order valence-electron chi connectivity index (χ4n) is 0.158. The lowest BCUT2D eigenvalue weighted by Gasteiger charge is -1.78. The summed E-state index contributed by atoms with van der Waals surface area (Å²) >= 11 is 4.00. The molecular formula is C8H16S. The first-order chi connectivity index (χ1) is 4.33. The molecule has 0 fully saturated rings. The molecule has 0 aliphatic heterocycles. The van der Waals surface area contributed by atoms with Gasteiger partial charge in [-0.15, -0.1) is 0 Å². The van der Waals surface area contributed by atoms with Crippen molar-refractivity contribution >= 4 is 12.6 Å². The molecule has 0 aromatic rings. The van der Waals surface area contributed by atoms with Crippen molar-refractivity contribution in [1.29, 1.82) is 0 Å². The van der Waals surface area contributed by atoms with Crippen LogP contribution in [0.25, 0.3) is 0 Å². The van der Waals surface area contributed by atoms with E-state index in [0.717, 1.165) is 5.75 Å². The van der Waals surface area contributed by atoms with Crippen molar-refractivity contribution in [2.75, 3.05) is 5.75 Å². The van der Waals surface area contributed by atoms with E-state index < -0.39 is 0 Å². The molecular weight excluding hydrogens is 128 g/mol. The third-order valence-electron chi connectivity index (χ3n) is 0.678. The maximum Gasteiger partial charge on any atom is -0.00980 e. The van der Waals surface area contributed by atoms with Crippen molar-refractivity contribution in [2.24, 2.45) is 0 Å². The van der Waals surface area contributed by atoms with Crippen LogP contribution in [0, 0.1) is 0 Å². The number of unbranched alkanes of at least 4 members (excludes halogenated alkanes) is 1. The largest absolute Gasteiger partial charge is 0.179 e. The number of thiol groups is 1. The average molecular weight is 144 g/mol. The molecule has 9 heavy (non-hydrogen) atoms. The Bertz CT molecular complexity index is 49.6. The van der Waals surface area contributed by atoms with E-state index in [4.69, 9.17) is 0 Å². The first-order valence-corrected chi connectivity index (χ1v) is 3.81. The van der Waals surface area contributed by atoms with E-state index in [1.54, 1.807) is 12.2 Å². The maximum absolute atomic E-state index is 4.00. The van der Waals surface area contributed by atoms with E-state index in [-0.39, 0.29) is 0 Å². The van der Waals surface area contributed by atoms with Crippen molar-refractivity contribution in [1.82, 2.24) is 0 Å². The van der Waals surface area contributed by atoms with Gasteiger partial charge in [-0.3, -0.25) is 0 Å². The highest BCUT2D eigenvalue weighted by Crippen LogP contribution is 1.85. The lowest BCUT2D eigenvalue weighted by molar-refractivity contribution is 0.899. The van der Waals surface area contributed by atoms with Crippen LogP contribution in [0.1, 0.15) is 19.8 Å². The van der Waals surface area contributed by atoms with E-state index in [0.29, 0.717) is 0 Å². The zero-order chi connectivity index (χ0) is 7.54. The highest BCUT2D eigenvalue weighted by molar-refractivity contribution is 7.80. The third-order valence-corrected chi connectivity index (χ3v) is 0.995. The molecule has 0 nitrogen and oxygen atoms in total.